The van der Waals surface area contributed by atoms with Crippen LogP contribution in [0.4, 0.5) is 0 Å². The Hall–Kier alpha value is -1.59. The Morgan fingerprint density at radius 2 is 2.30 bits per heavy atom. The molecule has 0 spiro atoms. The minimum atomic E-state index is -0.972. The number of hydrogen-bond donors (Lipinski definition) is 2. The zero-order chi connectivity index (χ0) is 14.7. The SMILES string of the molecule is C=C(/C=C(\C)C(=O)O)c1[nH]c(CCN2CCC2)nc1Cl. The van der Waals surface area contributed by atoms with E-state index >= 15 is 0 Å². The van der Waals surface area contributed by atoms with Crippen LogP contribution in [-0.2, 0) is 11.2 Å². The lowest BCUT2D eigenvalue weighted by Crippen LogP contribution is -2.38. The molecule has 108 valence electrons. The van der Waals surface area contributed by atoms with Crippen LogP contribution in [0.3, 0.4) is 0 Å². The van der Waals surface area contributed by atoms with Crippen molar-refractivity contribution < 1.29 is 9.90 Å². The molecule has 6 heteroatoms. The topological polar surface area (TPSA) is 69.2 Å². The molecule has 1 saturated heterocycles. The van der Waals surface area contributed by atoms with Gasteiger partial charge in [0.05, 0.1) is 5.69 Å². The number of halogens is 1. The normalized spacial score (nSPS) is 16.0. The molecule has 5 nitrogen and oxygen atoms in total. The van der Waals surface area contributed by atoms with Crippen LogP contribution in [0.25, 0.3) is 5.57 Å². The standard InChI is InChI=1S/C14H18ClN3O2/c1-9(8-10(2)14(19)20)12-13(15)17-11(16-12)4-7-18-5-3-6-18/h8H,1,3-7H2,2H3,(H,16,17)(H,19,20)/b10-8+. The van der Waals surface area contributed by atoms with Gasteiger partial charge in [0.2, 0.25) is 0 Å². The van der Waals surface area contributed by atoms with Gasteiger partial charge in [0, 0.05) is 18.5 Å². The molecule has 0 aliphatic carbocycles. The molecular weight excluding hydrogens is 278 g/mol. The van der Waals surface area contributed by atoms with Crippen LogP contribution in [0.5, 0.6) is 0 Å². The number of rotatable bonds is 6. The maximum atomic E-state index is 10.8. The third-order valence-corrected chi connectivity index (χ3v) is 3.64. The average Bonchev–Trinajstić information content (AvgIpc) is 2.68. The van der Waals surface area contributed by atoms with Crippen LogP contribution in [0.1, 0.15) is 24.9 Å². The van der Waals surface area contributed by atoms with Gasteiger partial charge in [-0.05, 0) is 38.1 Å². The van der Waals surface area contributed by atoms with E-state index in [-0.39, 0.29) is 5.57 Å². The van der Waals surface area contributed by atoms with Crippen molar-refractivity contribution in [1.82, 2.24) is 14.9 Å². The van der Waals surface area contributed by atoms with Crippen molar-refractivity contribution in [2.75, 3.05) is 19.6 Å². The van der Waals surface area contributed by atoms with Gasteiger partial charge in [-0.15, -0.1) is 0 Å². The summed E-state index contributed by atoms with van der Waals surface area (Å²) in [6.07, 6.45) is 3.55. The fourth-order valence-electron chi connectivity index (χ4n) is 1.99. The predicted molar refractivity (Wildman–Crippen MR) is 78.8 cm³/mol. The maximum absolute atomic E-state index is 10.8. The molecule has 2 rings (SSSR count). The fraction of sp³-hybridized carbons (Fsp3) is 0.429. The van der Waals surface area contributed by atoms with E-state index in [1.54, 1.807) is 0 Å². The molecular formula is C14H18ClN3O2. The number of carboxylic acids is 1. The van der Waals surface area contributed by atoms with E-state index in [9.17, 15) is 4.79 Å². The molecule has 1 aromatic heterocycles. The minimum absolute atomic E-state index is 0.211. The first-order chi connectivity index (χ1) is 9.47. The summed E-state index contributed by atoms with van der Waals surface area (Å²) in [6.45, 7) is 8.61. The number of H-pyrrole nitrogens is 1. The molecule has 2 heterocycles. The lowest BCUT2D eigenvalue weighted by Gasteiger charge is -2.30. The Morgan fingerprint density at radius 1 is 1.60 bits per heavy atom. The second-order valence-electron chi connectivity index (χ2n) is 4.95. The van der Waals surface area contributed by atoms with Crippen LogP contribution < -0.4 is 0 Å². The number of hydrogen-bond acceptors (Lipinski definition) is 3. The lowest BCUT2D eigenvalue weighted by molar-refractivity contribution is -0.132. The number of allylic oxidation sites excluding steroid dienone is 2. The van der Waals surface area contributed by atoms with Gasteiger partial charge < -0.3 is 15.0 Å². The lowest BCUT2D eigenvalue weighted by atomic mass is 10.1. The zero-order valence-corrected chi connectivity index (χ0v) is 12.2. The summed E-state index contributed by atoms with van der Waals surface area (Å²) < 4.78 is 0. The summed E-state index contributed by atoms with van der Waals surface area (Å²) in [5.41, 5.74) is 1.33. The summed E-state index contributed by atoms with van der Waals surface area (Å²) in [5.74, 6) is -0.167. The van der Waals surface area contributed by atoms with Crippen LogP contribution >= 0.6 is 11.6 Å². The molecule has 1 aromatic rings. The molecule has 0 bridgehead atoms. The number of likely N-dealkylation sites (tertiary alicyclic amines) is 1. The highest BCUT2D eigenvalue weighted by Gasteiger charge is 2.15. The molecule has 1 aliphatic rings. The number of aromatic amines is 1. The van der Waals surface area contributed by atoms with Crippen LogP contribution in [0.2, 0.25) is 5.15 Å². The summed E-state index contributed by atoms with van der Waals surface area (Å²) in [7, 11) is 0. The maximum Gasteiger partial charge on any atom is 0.331 e. The highest BCUT2D eigenvalue weighted by atomic mass is 35.5. The first-order valence-electron chi connectivity index (χ1n) is 6.55. The quantitative estimate of drug-likeness (QED) is 0.624. The first-order valence-corrected chi connectivity index (χ1v) is 6.93. The van der Waals surface area contributed by atoms with Gasteiger partial charge in [0.1, 0.15) is 5.82 Å². The molecule has 0 amide bonds. The third-order valence-electron chi connectivity index (χ3n) is 3.37. The van der Waals surface area contributed by atoms with Gasteiger partial charge in [-0.2, -0.15) is 0 Å². The second-order valence-corrected chi connectivity index (χ2v) is 5.31. The van der Waals surface area contributed by atoms with E-state index < -0.39 is 5.97 Å². The molecule has 0 unspecified atom stereocenters. The Balaban J connectivity index is 2.04. The highest BCUT2D eigenvalue weighted by molar-refractivity contribution is 6.31. The van der Waals surface area contributed by atoms with Crippen molar-refractivity contribution >= 4 is 23.1 Å². The van der Waals surface area contributed by atoms with E-state index in [0.717, 1.165) is 31.9 Å². The van der Waals surface area contributed by atoms with Gasteiger partial charge in [-0.1, -0.05) is 18.2 Å². The van der Waals surface area contributed by atoms with E-state index in [1.807, 2.05) is 0 Å². The number of carboxylic acid groups (broad SMARTS) is 1. The summed E-state index contributed by atoms with van der Waals surface area (Å²) >= 11 is 6.07. The molecule has 2 N–H and O–H groups in total. The highest BCUT2D eigenvalue weighted by Crippen LogP contribution is 2.22. The van der Waals surface area contributed by atoms with Crippen molar-refractivity contribution in [3.8, 4) is 0 Å². The number of aliphatic carboxylic acids is 1. The number of aromatic nitrogens is 2. The van der Waals surface area contributed by atoms with Crippen LogP contribution in [0, 0.1) is 0 Å². The number of nitrogens with zero attached hydrogens (tertiary/aromatic N) is 2. The van der Waals surface area contributed by atoms with Gasteiger partial charge in [-0.3, -0.25) is 0 Å². The summed E-state index contributed by atoms with van der Waals surface area (Å²) in [6, 6.07) is 0. The molecule has 1 aliphatic heterocycles. The molecule has 20 heavy (non-hydrogen) atoms. The fourth-order valence-corrected chi connectivity index (χ4v) is 2.26. The largest absolute Gasteiger partial charge is 0.478 e. The Bertz CT molecular complexity index is 559. The van der Waals surface area contributed by atoms with Crippen LogP contribution in [0.15, 0.2) is 18.2 Å². The second kappa shape index (κ2) is 6.24. The van der Waals surface area contributed by atoms with Gasteiger partial charge in [0.15, 0.2) is 5.15 Å². The van der Waals surface area contributed by atoms with Crippen molar-refractivity contribution in [3.05, 3.63) is 34.9 Å². The number of imidazole rings is 1. The van der Waals surface area contributed by atoms with Crippen molar-refractivity contribution in [2.24, 2.45) is 0 Å². The zero-order valence-electron chi connectivity index (χ0n) is 11.4. The molecule has 0 saturated carbocycles. The Morgan fingerprint density at radius 3 is 2.85 bits per heavy atom. The predicted octanol–water partition coefficient (Wildman–Crippen LogP) is 2.36. The van der Waals surface area contributed by atoms with Gasteiger partial charge in [0.25, 0.3) is 0 Å². The van der Waals surface area contributed by atoms with E-state index in [0.29, 0.717) is 16.4 Å². The smallest absolute Gasteiger partial charge is 0.331 e. The molecule has 0 atom stereocenters. The van der Waals surface area contributed by atoms with Gasteiger partial charge >= 0.3 is 5.97 Å². The monoisotopic (exact) mass is 295 g/mol. The van der Waals surface area contributed by atoms with Crippen molar-refractivity contribution in [1.29, 1.82) is 0 Å². The third kappa shape index (κ3) is 3.49. The van der Waals surface area contributed by atoms with Crippen molar-refractivity contribution in [3.63, 3.8) is 0 Å². The van der Waals surface area contributed by atoms with E-state index in [4.69, 9.17) is 16.7 Å². The summed E-state index contributed by atoms with van der Waals surface area (Å²) in [5, 5.41) is 9.19. The van der Waals surface area contributed by atoms with Gasteiger partial charge in [-0.25, -0.2) is 9.78 Å². The van der Waals surface area contributed by atoms with E-state index in [1.165, 1.54) is 19.4 Å². The number of nitrogens with one attached hydrogen (secondary N) is 1. The molecule has 0 radical (unpaired) electrons. The molecule has 0 aromatic carbocycles. The molecule has 1 fully saturated rings. The van der Waals surface area contributed by atoms with E-state index in [2.05, 4.69) is 21.4 Å². The number of carbonyl (C=O) groups is 1. The average molecular weight is 296 g/mol. The Kier molecular flexibility index (Phi) is 4.62. The summed E-state index contributed by atoms with van der Waals surface area (Å²) in [4.78, 5) is 20.5. The van der Waals surface area contributed by atoms with Crippen molar-refractivity contribution in [2.45, 2.75) is 19.8 Å². The van der Waals surface area contributed by atoms with Crippen LogP contribution in [-0.4, -0.2) is 45.6 Å². The Labute approximate surface area is 123 Å². The first kappa shape index (κ1) is 14.8. The minimum Gasteiger partial charge on any atom is -0.478 e.